The Bertz CT molecular complexity index is 2170. The van der Waals surface area contributed by atoms with Crippen LogP contribution in [0.3, 0.4) is 0 Å². The normalized spacial score (nSPS) is 17.7. The van der Waals surface area contributed by atoms with E-state index in [9.17, 15) is 0 Å². The minimum absolute atomic E-state index is 0. The Kier molecular flexibility index (Phi) is 33.2. The van der Waals surface area contributed by atoms with Crippen LogP contribution in [-0.4, -0.2) is 195 Å². The van der Waals surface area contributed by atoms with Crippen molar-refractivity contribution in [3.05, 3.63) is 133 Å². The molecule has 8 heterocycles. The van der Waals surface area contributed by atoms with Gasteiger partial charge in [-0.3, -0.25) is 0 Å². The van der Waals surface area contributed by atoms with E-state index in [1.807, 2.05) is 121 Å². The van der Waals surface area contributed by atoms with Crippen molar-refractivity contribution in [2.75, 3.05) is 185 Å². The van der Waals surface area contributed by atoms with Gasteiger partial charge < -0.3 is 80.8 Å². The van der Waals surface area contributed by atoms with Crippen LogP contribution in [-0.2, 0) is 77.9 Å². The molecule has 12 rings (SSSR count). The topological polar surface area (TPSA) is 173 Å². The molecule has 0 unspecified atom stereocenters. The van der Waals surface area contributed by atoms with Gasteiger partial charge in [-0.2, -0.15) is 0 Å². The van der Waals surface area contributed by atoms with Crippen LogP contribution in [0.15, 0.2) is 121 Å². The molecule has 0 fully saturated rings. The van der Waals surface area contributed by atoms with Gasteiger partial charge in [-0.1, -0.05) is 24.3 Å². The second kappa shape index (κ2) is 41.6. The number of hydrogen-bond donors (Lipinski definition) is 0. The number of ether oxygens (including phenoxy) is 16. The van der Waals surface area contributed by atoms with Crippen molar-refractivity contribution in [3.63, 3.8) is 0 Å². The van der Waals surface area contributed by atoms with Crippen molar-refractivity contribution >= 4 is 0 Å². The maximum Gasteiger partial charge on any atom is 2.00 e. The van der Waals surface area contributed by atoms with E-state index in [0.717, 1.165) is 68.0 Å². The van der Waals surface area contributed by atoms with Crippen LogP contribution in [0.1, 0.15) is 0 Å². The predicted octanol–water partition coefficient (Wildman–Crippen LogP) is 8.17. The number of aromatic nitrogens is 2. The Morgan fingerprint density at radius 2 is 0.457 bits per heavy atom. The van der Waals surface area contributed by atoms with Gasteiger partial charge in [-0.25, -0.2) is 4.98 Å². The molecule has 0 radical (unpaired) electrons. The zero-order valence-electron chi connectivity index (χ0n) is 46.1. The summed E-state index contributed by atoms with van der Waals surface area (Å²) in [6.07, 6.45) is 0. The first kappa shape index (κ1) is 64.8. The summed E-state index contributed by atoms with van der Waals surface area (Å²) in [5, 5.41) is 0. The van der Waals surface area contributed by atoms with Gasteiger partial charge in [-0.05, 0) is 72.1 Å². The monoisotopic (exact) mass is 1300 g/mol. The van der Waals surface area contributed by atoms with Crippen molar-refractivity contribution < 1.29 is 96.9 Å². The third-order valence-electron chi connectivity index (χ3n) is 11.6. The zero-order valence-corrected chi connectivity index (χ0v) is 48.4. The summed E-state index contributed by atoms with van der Waals surface area (Å²) in [7, 11) is 0. The molecular formula is C62H76N2O16Pt. The fourth-order valence-electron chi connectivity index (χ4n) is 7.53. The largest absolute Gasteiger partial charge is 2.00 e. The Hall–Kier alpha value is -5.41. The number of rotatable bonds is 0. The van der Waals surface area contributed by atoms with Crippen molar-refractivity contribution in [1.29, 1.82) is 0 Å². The molecule has 2 aromatic heterocycles. The smallest absolute Gasteiger partial charge is 0.534 e. The average molecular weight is 1300 g/mol. The van der Waals surface area contributed by atoms with Crippen molar-refractivity contribution in [2.45, 2.75) is 0 Å². The molecule has 0 saturated carbocycles. The predicted molar refractivity (Wildman–Crippen MR) is 300 cm³/mol. The molecule has 6 aliphatic heterocycles. The molecule has 0 atom stereocenters. The molecule has 0 spiro atoms. The van der Waals surface area contributed by atoms with Crippen LogP contribution in [0.4, 0.5) is 0 Å². The Morgan fingerprint density at radius 3 is 0.716 bits per heavy atom. The summed E-state index contributed by atoms with van der Waals surface area (Å²) >= 11 is 0. The van der Waals surface area contributed by atoms with Gasteiger partial charge in [0.05, 0.1) is 183 Å². The molecule has 18 nitrogen and oxygen atoms in total. The van der Waals surface area contributed by atoms with E-state index in [0.29, 0.717) is 185 Å². The van der Waals surface area contributed by atoms with E-state index in [4.69, 9.17) is 85.8 Å². The first-order valence-corrected chi connectivity index (χ1v) is 27.4. The second-order valence-electron chi connectivity index (χ2n) is 17.5. The molecule has 81 heavy (non-hydrogen) atoms. The summed E-state index contributed by atoms with van der Waals surface area (Å²) in [6.45, 7) is 14.0. The van der Waals surface area contributed by atoms with E-state index in [1.165, 1.54) is 0 Å². The van der Waals surface area contributed by atoms with Crippen molar-refractivity contribution in [3.8, 4) is 68.0 Å². The molecule has 6 aliphatic rings. The van der Waals surface area contributed by atoms with Crippen LogP contribution < -0.4 is 18.9 Å². The third kappa shape index (κ3) is 27.0. The second-order valence-corrected chi connectivity index (χ2v) is 17.5. The number of pyridine rings is 2. The molecule has 4 aromatic carbocycles. The Balaban J connectivity index is 0.000000258. The summed E-state index contributed by atoms with van der Waals surface area (Å²) in [5.74, 6) is 3.03. The van der Waals surface area contributed by atoms with Gasteiger partial charge in [0, 0.05) is 22.6 Å². The van der Waals surface area contributed by atoms with Gasteiger partial charge in [0.15, 0.2) is 0 Å². The number of nitrogens with zero attached hydrogens (tertiary/aromatic N) is 2. The number of benzene rings is 4. The van der Waals surface area contributed by atoms with Crippen LogP contribution in [0.2, 0.25) is 0 Å². The SMILES string of the molecule is [Pt+2].[c-]1cc2ccc1-c1cccc(n1)-c1[c-]cc(cc1)OCCOCCOCCOCCOCCOCCOCCO2.c1cc2nc(c1)-c1ccc(cc1)OCCOCCOCCOCCOCCOCCOCCOc1ccc-2cc1. The van der Waals surface area contributed by atoms with E-state index in [2.05, 4.69) is 12.1 Å². The molecule has 12 bridgehead atoms. The molecule has 6 aromatic rings. The van der Waals surface area contributed by atoms with Gasteiger partial charge in [0.25, 0.3) is 0 Å². The molecule has 19 heteroatoms. The molecule has 0 saturated heterocycles. The fourth-order valence-corrected chi connectivity index (χ4v) is 7.53. The maximum atomic E-state index is 5.80. The number of fused-ring (bicyclic) bond motifs is 4. The first-order chi connectivity index (χ1) is 39.8. The van der Waals surface area contributed by atoms with Gasteiger partial charge in [0.2, 0.25) is 0 Å². The third-order valence-corrected chi connectivity index (χ3v) is 11.6. The zero-order chi connectivity index (χ0) is 55.0. The summed E-state index contributed by atoms with van der Waals surface area (Å²) in [4.78, 5) is 9.66. The van der Waals surface area contributed by atoms with Crippen LogP contribution >= 0.6 is 0 Å². The minimum atomic E-state index is 0. The van der Waals surface area contributed by atoms with E-state index in [-0.39, 0.29) is 21.1 Å². The van der Waals surface area contributed by atoms with Gasteiger partial charge in [-0.15, -0.1) is 59.7 Å². The molecular weight excluding hydrogens is 1220 g/mol. The molecule has 0 aliphatic carbocycles. The maximum absolute atomic E-state index is 5.80. The first-order valence-electron chi connectivity index (χ1n) is 27.4. The van der Waals surface area contributed by atoms with E-state index >= 15 is 0 Å². The quantitative estimate of drug-likeness (QED) is 0.133. The molecule has 440 valence electrons. The standard InChI is InChI=1S/C31H39NO8.C31H37NO8.Pt/c2*1-2-30-26-4-8-28(9-5-26)39-24-22-37-20-18-35-16-14-33-12-13-34-15-17-36-19-21-38-23-25-40-29-10-6-27(7-11-29)31(3-1)32-30;/h1-11H,12-25H2;1-4,6,8-11H,12-25H2;/q;-2;+2. The van der Waals surface area contributed by atoms with Crippen molar-refractivity contribution in [1.82, 2.24) is 9.97 Å². The molecule has 0 amide bonds. The van der Waals surface area contributed by atoms with Gasteiger partial charge in [0.1, 0.15) is 24.7 Å². The summed E-state index contributed by atoms with van der Waals surface area (Å²) < 4.78 is 89.4. The molecule has 0 N–H and O–H groups in total. The fraction of sp³-hybridized carbons (Fsp3) is 0.452. The summed E-state index contributed by atoms with van der Waals surface area (Å²) in [5.41, 5.74) is 7.24. The summed E-state index contributed by atoms with van der Waals surface area (Å²) in [6, 6.07) is 45.7. The van der Waals surface area contributed by atoms with Crippen molar-refractivity contribution in [2.24, 2.45) is 0 Å². The van der Waals surface area contributed by atoms with E-state index < -0.39 is 0 Å². The van der Waals surface area contributed by atoms with Crippen LogP contribution in [0.5, 0.6) is 23.0 Å². The number of hydrogen-bond acceptors (Lipinski definition) is 18. The Morgan fingerprint density at radius 1 is 0.235 bits per heavy atom. The Labute approximate surface area is 491 Å². The van der Waals surface area contributed by atoms with E-state index in [1.54, 1.807) is 0 Å². The minimum Gasteiger partial charge on any atom is -0.534 e. The average Bonchev–Trinajstić information content (AvgIpc) is 3.53. The van der Waals surface area contributed by atoms with Crippen LogP contribution in [0, 0.1) is 12.1 Å². The van der Waals surface area contributed by atoms with Gasteiger partial charge >= 0.3 is 21.1 Å². The van der Waals surface area contributed by atoms with Crippen LogP contribution in [0.25, 0.3) is 45.0 Å².